The number of rotatable bonds is 7. The first-order valence-electron chi connectivity index (χ1n) is 8.95. The Morgan fingerprint density at radius 3 is 2.43 bits per heavy atom. The van der Waals surface area contributed by atoms with Gasteiger partial charge in [-0.1, -0.05) is 11.3 Å². The van der Waals surface area contributed by atoms with Crippen LogP contribution < -0.4 is 14.3 Å². The standard InChI is InChI=1S/C21H24N2O4S/c1-14-11-18-19(12-15(14)2)28-21(23(18)9-10-25-3)22-20(24)13-27-17-7-5-16(26-4)6-8-17/h5-8,11-12H,9-10,13H2,1-4H3. The van der Waals surface area contributed by atoms with Crippen molar-refractivity contribution < 1.29 is 19.0 Å². The Morgan fingerprint density at radius 2 is 1.75 bits per heavy atom. The summed E-state index contributed by atoms with van der Waals surface area (Å²) in [5.74, 6) is 1.000. The summed E-state index contributed by atoms with van der Waals surface area (Å²) in [6.07, 6.45) is 0. The fourth-order valence-electron chi connectivity index (χ4n) is 2.76. The molecular formula is C21H24N2O4S. The number of hydrogen-bond acceptors (Lipinski definition) is 5. The van der Waals surface area contributed by atoms with E-state index in [1.807, 2.05) is 4.57 Å². The van der Waals surface area contributed by atoms with Crippen LogP contribution in [0.3, 0.4) is 0 Å². The lowest BCUT2D eigenvalue weighted by Gasteiger charge is -2.06. The largest absolute Gasteiger partial charge is 0.497 e. The average Bonchev–Trinajstić information content (AvgIpc) is 3.01. The third-order valence-electron chi connectivity index (χ3n) is 4.46. The van der Waals surface area contributed by atoms with Crippen molar-refractivity contribution in [2.24, 2.45) is 4.99 Å². The molecule has 0 saturated heterocycles. The molecule has 7 heteroatoms. The summed E-state index contributed by atoms with van der Waals surface area (Å²) < 4.78 is 19.0. The number of carbonyl (C=O) groups is 1. The van der Waals surface area contributed by atoms with Crippen molar-refractivity contribution in [2.75, 3.05) is 27.4 Å². The highest BCUT2D eigenvalue weighted by atomic mass is 32.1. The number of amides is 1. The van der Waals surface area contributed by atoms with Gasteiger partial charge in [-0.25, -0.2) is 0 Å². The van der Waals surface area contributed by atoms with Gasteiger partial charge in [-0.05, 0) is 61.4 Å². The average molecular weight is 401 g/mol. The minimum atomic E-state index is -0.331. The van der Waals surface area contributed by atoms with Crippen LogP contribution in [-0.4, -0.2) is 37.9 Å². The Bertz CT molecular complexity index is 1030. The van der Waals surface area contributed by atoms with Crippen molar-refractivity contribution in [3.05, 3.63) is 52.3 Å². The van der Waals surface area contributed by atoms with Gasteiger partial charge in [0.15, 0.2) is 11.4 Å². The van der Waals surface area contributed by atoms with Crippen LogP contribution in [0.1, 0.15) is 11.1 Å². The number of methoxy groups -OCH3 is 2. The summed E-state index contributed by atoms with van der Waals surface area (Å²) in [4.78, 5) is 17.3. The van der Waals surface area contributed by atoms with Crippen molar-refractivity contribution in [2.45, 2.75) is 20.4 Å². The van der Waals surface area contributed by atoms with Crippen molar-refractivity contribution in [1.29, 1.82) is 0 Å². The minimum Gasteiger partial charge on any atom is -0.497 e. The molecule has 0 aliphatic carbocycles. The summed E-state index contributed by atoms with van der Waals surface area (Å²) >= 11 is 1.50. The number of benzene rings is 2. The number of aromatic nitrogens is 1. The summed E-state index contributed by atoms with van der Waals surface area (Å²) in [5, 5.41) is 0. The molecule has 1 amide bonds. The number of carbonyl (C=O) groups excluding carboxylic acids is 1. The molecule has 1 aromatic heterocycles. The molecule has 28 heavy (non-hydrogen) atoms. The Labute approximate surface area is 168 Å². The van der Waals surface area contributed by atoms with Gasteiger partial charge in [-0.3, -0.25) is 4.79 Å². The van der Waals surface area contributed by atoms with Crippen molar-refractivity contribution in [3.63, 3.8) is 0 Å². The van der Waals surface area contributed by atoms with E-state index in [1.54, 1.807) is 38.5 Å². The molecule has 6 nitrogen and oxygen atoms in total. The van der Waals surface area contributed by atoms with Crippen LogP contribution in [0.5, 0.6) is 11.5 Å². The zero-order valence-electron chi connectivity index (χ0n) is 16.5. The molecule has 0 fully saturated rings. The lowest BCUT2D eigenvalue weighted by molar-refractivity contribution is -0.120. The Hall–Kier alpha value is -2.64. The molecule has 0 atom stereocenters. The molecule has 3 aromatic rings. The maximum absolute atomic E-state index is 12.4. The topological polar surface area (TPSA) is 62.1 Å². The van der Waals surface area contributed by atoms with Crippen LogP contribution in [-0.2, 0) is 16.1 Å². The third kappa shape index (κ3) is 4.61. The lowest BCUT2D eigenvalue weighted by Crippen LogP contribution is -2.21. The molecule has 0 radical (unpaired) electrons. The van der Waals surface area contributed by atoms with Crippen molar-refractivity contribution >= 4 is 27.5 Å². The van der Waals surface area contributed by atoms with Crippen LogP contribution in [0.15, 0.2) is 41.4 Å². The zero-order chi connectivity index (χ0) is 20.1. The highest BCUT2D eigenvalue weighted by Gasteiger charge is 2.10. The van der Waals surface area contributed by atoms with Gasteiger partial charge in [0.2, 0.25) is 0 Å². The van der Waals surface area contributed by atoms with E-state index in [9.17, 15) is 4.79 Å². The van der Waals surface area contributed by atoms with E-state index in [1.165, 1.54) is 22.5 Å². The fourth-order valence-corrected chi connectivity index (χ4v) is 3.91. The van der Waals surface area contributed by atoms with Gasteiger partial charge in [-0.2, -0.15) is 4.99 Å². The molecule has 0 N–H and O–H groups in total. The van der Waals surface area contributed by atoms with Crippen LogP contribution in [0.25, 0.3) is 10.2 Å². The summed E-state index contributed by atoms with van der Waals surface area (Å²) in [6, 6.07) is 11.4. The number of fused-ring (bicyclic) bond motifs is 1. The Morgan fingerprint density at radius 1 is 1.07 bits per heavy atom. The number of ether oxygens (including phenoxy) is 3. The van der Waals surface area contributed by atoms with Gasteiger partial charge in [0.25, 0.3) is 5.91 Å². The molecular weight excluding hydrogens is 376 g/mol. The van der Waals surface area contributed by atoms with Crippen LogP contribution in [0.2, 0.25) is 0 Å². The molecule has 3 rings (SSSR count). The van der Waals surface area contributed by atoms with Crippen molar-refractivity contribution in [1.82, 2.24) is 4.57 Å². The van der Waals surface area contributed by atoms with Gasteiger partial charge in [-0.15, -0.1) is 0 Å². The lowest BCUT2D eigenvalue weighted by atomic mass is 10.1. The first kappa shape index (κ1) is 20.1. The van der Waals surface area contributed by atoms with Gasteiger partial charge in [0.1, 0.15) is 11.5 Å². The van der Waals surface area contributed by atoms with Gasteiger partial charge < -0.3 is 18.8 Å². The minimum absolute atomic E-state index is 0.122. The first-order chi connectivity index (χ1) is 13.5. The molecule has 0 spiro atoms. The second-order valence-corrected chi connectivity index (χ2v) is 7.41. The molecule has 148 valence electrons. The zero-order valence-corrected chi connectivity index (χ0v) is 17.3. The van der Waals surface area contributed by atoms with E-state index >= 15 is 0 Å². The normalized spacial score (nSPS) is 11.8. The monoisotopic (exact) mass is 400 g/mol. The summed E-state index contributed by atoms with van der Waals surface area (Å²) in [5.41, 5.74) is 3.48. The predicted molar refractivity (Wildman–Crippen MR) is 110 cm³/mol. The second-order valence-electron chi connectivity index (χ2n) is 6.40. The highest BCUT2D eigenvalue weighted by Crippen LogP contribution is 2.22. The molecule has 0 bridgehead atoms. The van der Waals surface area contributed by atoms with E-state index in [0.29, 0.717) is 23.7 Å². The van der Waals surface area contributed by atoms with E-state index in [0.717, 1.165) is 16.0 Å². The molecule has 2 aromatic carbocycles. The first-order valence-corrected chi connectivity index (χ1v) is 9.77. The molecule has 0 aliphatic heterocycles. The predicted octanol–water partition coefficient (Wildman–Crippen LogP) is 3.48. The van der Waals surface area contributed by atoms with E-state index in [4.69, 9.17) is 14.2 Å². The second kappa shape index (κ2) is 9.03. The summed E-state index contributed by atoms with van der Waals surface area (Å²) in [7, 11) is 3.26. The maximum atomic E-state index is 12.4. The van der Waals surface area contributed by atoms with Gasteiger partial charge >= 0.3 is 0 Å². The highest BCUT2D eigenvalue weighted by molar-refractivity contribution is 7.16. The number of aryl methyl sites for hydroxylation is 2. The summed E-state index contributed by atoms with van der Waals surface area (Å²) in [6.45, 7) is 5.21. The SMILES string of the molecule is COCCn1c(=NC(=O)COc2ccc(OC)cc2)sc2cc(C)c(C)cc21. The molecule has 1 heterocycles. The van der Waals surface area contributed by atoms with Crippen LogP contribution in [0, 0.1) is 13.8 Å². The Kier molecular flexibility index (Phi) is 6.49. The molecule has 0 unspecified atom stereocenters. The van der Waals surface area contributed by atoms with Crippen molar-refractivity contribution in [3.8, 4) is 11.5 Å². The number of nitrogens with zero attached hydrogens (tertiary/aromatic N) is 2. The van der Waals surface area contributed by atoms with Gasteiger partial charge in [0, 0.05) is 13.7 Å². The van der Waals surface area contributed by atoms with Crippen LogP contribution >= 0.6 is 11.3 Å². The smallest absolute Gasteiger partial charge is 0.286 e. The maximum Gasteiger partial charge on any atom is 0.286 e. The molecule has 0 aliphatic rings. The fraction of sp³-hybridized carbons (Fsp3) is 0.333. The van der Waals surface area contributed by atoms with Gasteiger partial charge in [0.05, 0.1) is 23.9 Å². The van der Waals surface area contributed by atoms with Crippen LogP contribution in [0.4, 0.5) is 0 Å². The Balaban J connectivity index is 1.85. The third-order valence-corrected chi connectivity index (χ3v) is 5.50. The van der Waals surface area contributed by atoms with E-state index < -0.39 is 0 Å². The quantitative estimate of drug-likeness (QED) is 0.609. The number of thiazole rings is 1. The van der Waals surface area contributed by atoms with E-state index in [-0.39, 0.29) is 12.5 Å². The molecule has 0 saturated carbocycles. The van der Waals surface area contributed by atoms with E-state index in [2.05, 4.69) is 31.0 Å². The number of hydrogen-bond donors (Lipinski definition) is 0.